The largest absolute Gasteiger partial charge is 0.273 e. The Morgan fingerprint density at radius 3 is 2.62 bits per heavy atom. The van der Waals surface area contributed by atoms with Gasteiger partial charge >= 0.3 is 0 Å². The van der Waals surface area contributed by atoms with Crippen molar-refractivity contribution in [2.45, 2.75) is 18.2 Å². The van der Waals surface area contributed by atoms with Crippen LogP contribution in [-0.4, -0.2) is 53.5 Å². The van der Waals surface area contributed by atoms with Gasteiger partial charge in [0.1, 0.15) is 0 Å². The van der Waals surface area contributed by atoms with E-state index in [0.29, 0.717) is 20.8 Å². The minimum Gasteiger partial charge on any atom is -0.273 e. The Hall–Kier alpha value is -1.09. The summed E-state index contributed by atoms with van der Waals surface area (Å²) in [7, 11) is -3.12. The first kappa shape index (κ1) is 17.7. The molecule has 1 aromatic carbocycles. The van der Waals surface area contributed by atoms with Crippen LogP contribution in [0.25, 0.3) is 0 Å². The Labute approximate surface area is 153 Å². The van der Waals surface area contributed by atoms with Crippen LogP contribution in [0, 0.1) is 0 Å². The summed E-state index contributed by atoms with van der Waals surface area (Å²) in [6.07, 6.45) is 1.47. The first-order chi connectivity index (χ1) is 11.3. The van der Waals surface area contributed by atoms with Crippen LogP contribution in [0.1, 0.15) is 12.5 Å². The first-order valence-electron chi connectivity index (χ1n) is 7.00. The van der Waals surface area contributed by atoms with Crippen molar-refractivity contribution in [3.63, 3.8) is 0 Å². The Morgan fingerprint density at radius 2 is 2.00 bits per heavy atom. The molecule has 0 saturated carbocycles. The number of hydrogen-bond acceptors (Lipinski definition) is 5. The molecule has 0 aliphatic carbocycles. The van der Waals surface area contributed by atoms with Gasteiger partial charge in [-0.05, 0) is 12.1 Å². The number of rotatable bonds is 2. The molecule has 2 saturated heterocycles. The number of carbonyl (C=O) groups is 1. The molecule has 0 bridgehead atoms. The fourth-order valence-electron chi connectivity index (χ4n) is 2.57. The van der Waals surface area contributed by atoms with E-state index < -0.39 is 9.84 Å². The molecule has 2 aliphatic heterocycles. The summed E-state index contributed by atoms with van der Waals surface area (Å²) in [6, 6.07) is 4.73. The molecule has 0 N–H and O–H groups in total. The maximum atomic E-state index is 11.9. The van der Waals surface area contributed by atoms with Gasteiger partial charge in [-0.3, -0.25) is 4.79 Å². The summed E-state index contributed by atoms with van der Waals surface area (Å²) < 4.78 is 23.7. The van der Waals surface area contributed by atoms with Crippen LogP contribution in [0.2, 0.25) is 10.0 Å². The van der Waals surface area contributed by atoms with Crippen LogP contribution in [0.4, 0.5) is 0 Å². The number of carbonyl (C=O) groups excluding carboxylic acids is 1. The average molecular weight is 406 g/mol. The molecule has 2 atom stereocenters. The standard InChI is InChI=1S/C14H13Cl2N3O3S2/c1-8(20)18-14-19(12-6-24(21,22)7-13(12)23-14)17-5-9-10(15)3-2-4-11(9)16/h2-5,12-13H,6-7H2,1H3. The third kappa shape index (κ3) is 3.61. The van der Waals surface area contributed by atoms with E-state index in [0.717, 1.165) is 0 Å². The normalized spacial score (nSPS) is 27.1. The number of hydrazone groups is 1. The molecule has 2 heterocycles. The lowest BCUT2D eigenvalue weighted by Gasteiger charge is -2.18. The van der Waals surface area contributed by atoms with E-state index in [1.807, 2.05) is 0 Å². The number of fused-ring (bicyclic) bond motifs is 1. The van der Waals surface area contributed by atoms with Crippen LogP contribution < -0.4 is 0 Å². The molecule has 3 rings (SSSR count). The highest BCUT2D eigenvalue weighted by molar-refractivity contribution is 8.15. The summed E-state index contributed by atoms with van der Waals surface area (Å²) >= 11 is 13.5. The van der Waals surface area contributed by atoms with E-state index in [1.165, 1.54) is 29.9 Å². The zero-order chi connectivity index (χ0) is 17.5. The Bertz CT molecular complexity index is 835. The van der Waals surface area contributed by atoms with E-state index in [2.05, 4.69) is 10.1 Å². The van der Waals surface area contributed by atoms with E-state index in [1.54, 1.807) is 18.2 Å². The highest BCUT2D eigenvalue weighted by Gasteiger charge is 2.49. The Balaban J connectivity index is 1.95. The van der Waals surface area contributed by atoms with Crippen LogP contribution >= 0.6 is 35.0 Å². The highest BCUT2D eigenvalue weighted by atomic mass is 35.5. The third-order valence-electron chi connectivity index (χ3n) is 3.60. The van der Waals surface area contributed by atoms with Crippen molar-refractivity contribution in [3.05, 3.63) is 33.8 Å². The van der Waals surface area contributed by atoms with Crippen LogP contribution in [0.3, 0.4) is 0 Å². The van der Waals surface area contributed by atoms with Crippen molar-refractivity contribution in [1.82, 2.24) is 5.01 Å². The van der Waals surface area contributed by atoms with Gasteiger partial charge in [0.05, 0.1) is 39.1 Å². The molecule has 2 aliphatic rings. The Kier molecular flexibility index (Phi) is 4.92. The number of amidine groups is 1. The fourth-order valence-corrected chi connectivity index (χ4v) is 6.94. The minimum atomic E-state index is -3.12. The summed E-state index contributed by atoms with van der Waals surface area (Å²) in [5.74, 6) is -0.329. The van der Waals surface area contributed by atoms with Gasteiger partial charge in [0.2, 0.25) is 5.91 Å². The number of thioether (sulfide) groups is 1. The smallest absolute Gasteiger partial charge is 0.245 e. The average Bonchev–Trinajstić information content (AvgIpc) is 2.90. The van der Waals surface area contributed by atoms with Crippen molar-refractivity contribution >= 4 is 62.1 Å². The van der Waals surface area contributed by atoms with Gasteiger partial charge in [-0.25, -0.2) is 13.4 Å². The van der Waals surface area contributed by atoms with Gasteiger partial charge in [0.25, 0.3) is 0 Å². The van der Waals surface area contributed by atoms with E-state index >= 15 is 0 Å². The lowest BCUT2D eigenvalue weighted by molar-refractivity contribution is -0.115. The highest BCUT2D eigenvalue weighted by Crippen LogP contribution is 2.38. The maximum absolute atomic E-state index is 11.9. The van der Waals surface area contributed by atoms with Gasteiger partial charge in [-0.2, -0.15) is 10.1 Å². The second kappa shape index (κ2) is 6.67. The summed E-state index contributed by atoms with van der Waals surface area (Å²) in [5.41, 5.74) is 0.525. The van der Waals surface area contributed by atoms with Crippen LogP contribution in [0.5, 0.6) is 0 Å². The van der Waals surface area contributed by atoms with E-state index in [4.69, 9.17) is 23.2 Å². The number of amides is 1. The van der Waals surface area contributed by atoms with E-state index in [-0.39, 0.29) is 28.7 Å². The Morgan fingerprint density at radius 1 is 1.33 bits per heavy atom. The number of halogens is 2. The molecule has 128 valence electrons. The van der Waals surface area contributed by atoms with Gasteiger partial charge < -0.3 is 0 Å². The molecular formula is C14H13Cl2N3O3S2. The zero-order valence-corrected chi connectivity index (χ0v) is 15.7. The number of sulfone groups is 1. The second-order valence-electron chi connectivity index (χ2n) is 5.44. The topological polar surface area (TPSA) is 79.2 Å². The number of hydrogen-bond donors (Lipinski definition) is 0. The van der Waals surface area contributed by atoms with E-state index in [9.17, 15) is 13.2 Å². The van der Waals surface area contributed by atoms with Crippen molar-refractivity contribution in [1.29, 1.82) is 0 Å². The minimum absolute atomic E-state index is 0.0187. The predicted molar refractivity (Wildman–Crippen MR) is 97.8 cm³/mol. The maximum Gasteiger partial charge on any atom is 0.245 e. The molecule has 10 heteroatoms. The number of aliphatic imine (C=N–C) groups is 1. The van der Waals surface area contributed by atoms with Crippen molar-refractivity contribution in [2.75, 3.05) is 11.5 Å². The predicted octanol–water partition coefficient (Wildman–Crippen LogP) is 2.44. The lowest BCUT2D eigenvalue weighted by Crippen LogP contribution is -2.33. The monoisotopic (exact) mass is 405 g/mol. The molecule has 6 nitrogen and oxygen atoms in total. The third-order valence-corrected chi connectivity index (χ3v) is 7.46. The lowest BCUT2D eigenvalue weighted by atomic mass is 10.2. The SMILES string of the molecule is CC(=O)N=C1SC2CS(=O)(=O)CC2N1N=Cc1c(Cl)cccc1Cl. The summed E-state index contributed by atoms with van der Waals surface area (Å²) in [6.45, 7) is 1.34. The van der Waals surface area contributed by atoms with Gasteiger partial charge in [0, 0.05) is 12.5 Å². The van der Waals surface area contributed by atoms with Crippen molar-refractivity contribution in [2.24, 2.45) is 10.1 Å². The molecule has 2 unspecified atom stereocenters. The molecule has 0 aromatic heterocycles. The molecule has 24 heavy (non-hydrogen) atoms. The molecular weight excluding hydrogens is 393 g/mol. The van der Waals surface area contributed by atoms with Crippen LogP contribution in [-0.2, 0) is 14.6 Å². The molecule has 2 fully saturated rings. The molecule has 0 spiro atoms. The summed E-state index contributed by atoms with van der Waals surface area (Å²) in [5, 5.41) is 6.88. The van der Waals surface area contributed by atoms with Gasteiger partial charge in [-0.1, -0.05) is 41.0 Å². The van der Waals surface area contributed by atoms with Gasteiger partial charge in [-0.15, -0.1) is 0 Å². The summed E-state index contributed by atoms with van der Waals surface area (Å²) in [4.78, 5) is 15.3. The number of benzene rings is 1. The second-order valence-corrected chi connectivity index (χ2v) is 9.61. The fraction of sp³-hybridized carbons (Fsp3) is 0.357. The van der Waals surface area contributed by atoms with Gasteiger partial charge in [0.15, 0.2) is 15.0 Å². The molecule has 1 aromatic rings. The van der Waals surface area contributed by atoms with Crippen molar-refractivity contribution in [3.8, 4) is 0 Å². The zero-order valence-electron chi connectivity index (χ0n) is 12.5. The van der Waals surface area contributed by atoms with Crippen molar-refractivity contribution < 1.29 is 13.2 Å². The van der Waals surface area contributed by atoms with Crippen LogP contribution in [0.15, 0.2) is 28.3 Å². The molecule has 1 amide bonds. The first-order valence-corrected chi connectivity index (χ1v) is 10.5. The quantitative estimate of drug-likeness (QED) is 0.705. The number of nitrogens with zero attached hydrogens (tertiary/aromatic N) is 3. The molecule has 0 radical (unpaired) electrons.